The van der Waals surface area contributed by atoms with Gasteiger partial charge in [-0.1, -0.05) is 23.7 Å². The van der Waals surface area contributed by atoms with Crippen molar-refractivity contribution in [1.82, 2.24) is 14.3 Å². The number of amides is 1. The first-order valence-corrected chi connectivity index (χ1v) is 13.5. The second-order valence-electron chi connectivity index (χ2n) is 8.66. The number of H-pyrrole nitrogens is 1. The fourth-order valence-corrected chi connectivity index (χ4v) is 6.32. The topological polar surface area (TPSA) is 137 Å². The normalized spacial score (nSPS) is 16.4. The fourth-order valence-electron chi connectivity index (χ4n) is 4.35. The highest BCUT2D eigenvalue weighted by molar-refractivity contribution is 7.89. The lowest BCUT2D eigenvalue weighted by molar-refractivity contribution is -0.0249. The second-order valence-corrected chi connectivity index (χ2v) is 11.0. The summed E-state index contributed by atoms with van der Waals surface area (Å²) in [4.78, 5) is 18.8. The number of morpholine rings is 1. The second kappa shape index (κ2) is 10.6. The Labute approximate surface area is 224 Å². The largest absolute Gasteiger partial charge is 0.491 e. The molecule has 0 saturated carbocycles. The van der Waals surface area contributed by atoms with Gasteiger partial charge in [-0.25, -0.2) is 13.4 Å². The predicted octanol–water partition coefficient (Wildman–Crippen LogP) is 3.46. The van der Waals surface area contributed by atoms with Crippen LogP contribution in [0, 0.1) is 0 Å². The maximum absolute atomic E-state index is 13.7. The number of nitrogens with one attached hydrogen (secondary N) is 1. The van der Waals surface area contributed by atoms with E-state index in [9.17, 15) is 13.2 Å². The summed E-state index contributed by atoms with van der Waals surface area (Å²) >= 11 is 6.11. The van der Waals surface area contributed by atoms with Crippen molar-refractivity contribution < 1.29 is 27.4 Å². The molecule has 4 aromatic rings. The average molecular weight is 557 g/mol. The van der Waals surface area contributed by atoms with Gasteiger partial charge in [0.05, 0.1) is 13.7 Å². The zero-order valence-corrected chi connectivity index (χ0v) is 22.0. The highest BCUT2D eigenvalue weighted by Gasteiger charge is 2.36. The van der Waals surface area contributed by atoms with Crippen LogP contribution in [0.2, 0.25) is 5.02 Å². The lowest BCUT2D eigenvalue weighted by atomic mass is 10.1. The van der Waals surface area contributed by atoms with Crippen LogP contribution in [0.1, 0.15) is 10.5 Å². The van der Waals surface area contributed by atoms with Crippen molar-refractivity contribution in [3.63, 3.8) is 0 Å². The molecule has 3 heterocycles. The van der Waals surface area contributed by atoms with Crippen molar-refractivity contribution in [3.8, 4) is 22.8 Å². The number of nitrogens with two attached hydrogens (primary N) is 1. The van der Waals surface area contributed by atoms with Crippen molar-refractivity contribution in [2.75, 3.05) is 33.4 Å². The van der Waals surface area contributed by atoms with E-state index in [1.807, 2.05) is 36.4 Å². The predicted molar refractivity (Wildman–Crippen MR) is 142 cm³/mol. The number of fused-ring (bicyclic) bond motifs is 1. The molecule has 1 atom stereocenters. The first kappa shape index (κ1) is 26.0. The Morgan fingerprint density at radius 1 is 1.18 bits per heavy atom. The van der Waals surface area contributed by atoms with Gasteiger partial charge in [0, 0.05) is 41.3 Å². The van der Waals surface area contributed by atoms with Gasteiger partial charge in [0.1, 0.15) is 29.0 Å². The molecule has 1 amide bonds. The Kier molecular flexibility index (Phi) is 7.26. The molecular weight excluding hydrogens is 532 g/mol. The molecule has 0 spiro atoms. The van der Waals surface area contributed by atoms with Gasteiger partial charge in [0.25, 0.3) is 5.91 Å². The first-order valence-electron chi connectivity index (χ1n) is 11.7. The van der Waals surface area contributed by atoms with Crippen LogP contribution < -0.4 is 15.2 Å². The minimum atomic E-state index is -4.10. The number of benzene rings is 2. The van der Waals surface area contributed by atoms with Crippen molar-refractivity contribution >= 4 is 38.4 Å². The van der Waals surface area contributed by atoms with Gasteiger partial charge >= 0.3 is 0 Å². The van der Waals surface area contributed by atoms with Gasteiger partial charge in [-0.2, -0.15) is 4.31 Å². The van der Waals surface area contributed by atoms with E-state index in [0.29, 0.717) is 27.6 Å². The van der Waals surface area contributed by atoms with E-state index in [2.05, 4.69) is 9.97 Å². The van der Waals surface area contributed by atoms with Crippen LogP contribution in [0.3, 0.4) is 0 Å². The standard InChI is InChI=1S/C26H25ClN4O6S/c1-35-23-12-17(8-9-29-23)16-2-5-19(6-3-16)37-15-20-14-31(10-11-36-20)38(33,34)25-21-13-18(27)4-7-22(21)30-24(25)26(28)32/h2-9,12-13,20,30H,10-11,14-15H2,1H3,(H2,28,32)/t20-/m0/s1. The monoisotopic (exact) mass is 556 g/mol. The third-order valence-corrected chi connectivity index (χ3v) is 8.41. The molecule has 0 unspecified atom stereocenters. The number of halogens is 1. The van der Waals surface area contributed by atoms with Crippen LogP contribution in [0.5, 0.6) is 11.6 Å². The van der Waals surface area contributed by atoms with Crippen molar-refractivity contribution in [3.05, 3.63) is 71.5 Å². The Balaban J connectivity index is 1.30. The van der Waals surface area contributed by atoms with E-state index in [1.165, 1.54) is 10.4 Å². The molecule has 1 fully saturated rings. The maximum Gasteiger partial charge on any atom is 0.266 e. The minimum absolute atomic E-state index is 0.0443. The Morgan fingerprint density at radius 2 is 1.97 bits per heavy atom. The molecule has 198 valence electrons. The molecule has 2 aromatic carbocycles. The number of primary amides is 1. The summed E-state index contributed by atoms with van der Waals surface area (Å²) in [6.45, 7) is 0.471. The van der Waals surface area contributed by atoms with E-state index in [-0.39, 0.29) is 36.9 Å². The van der Waals surface area contributed by atoms with Crippen LogP contribution in [0.25, 0.3) is 22.0 Å². The molecule has 0 radical (unpaired) electrons. The van der Waals surface area contributed by atoms with Crippen LogP contribution >= 0.6 is 11.6 Å². The van der Waals surface area contributed by atoms with Crippen molar-refractivity contribution in [2.45, 2.75) is 11.0 Å². The van der Waals surface area contributed by atoms with Crippen LogP contribution in [0.4, 0.5) is 0 Å². The summed E-state index contributed by atoms with van der Waals surface area (Å²) in [5, 5.41) is 0.642. The molecule has 0 aliphatic carbocycles. The molecule has 1 aliphatic heterocycles. The number of rotatable bonds is 8. The van der Waals surface area contributed by atoms with E-state index in [1.54, 1.807) is 25.4 Å². The van der Waals surface area contributed by atoms with Crippen molar-refractivity contribution in [1.29, 1.82) is 0 Å². The Morgan fingerprint density at radius 3 is 2.71 bits per heavy atom. The fraction of sp³-hybridized carbons (Fsp3) is 0.231. The highest BCUT2D eigenvalue weighted by Crippen LogP contribution is 2.32. The van der Waals surface area contributed by atoms with Gasteiger partial charge in [-0.3, -0.25) is 4.79 Å². The summed E-state index contributed by atoms with van der Waals surface area (Å²) in [6.07, 6.45) is 1.16. The van der Waals surface area contributed by atoms with E-state index < -0.39 is 22.0 Å². The molecule has 3 N–H and O–H groups in total. The number of carbonyl (C=O) groups is 1. The molecule has 1 aliphatic rings. The van der Waals surface area contributed by atoms with Crippen LogP contribution in [-0.2, 0) is 14.8 Å². The first-order chi connectivity index (χ1) is 18.3. The number of aromatic amines is 1. The summed E-state index contributed by atoms with van der Waals surface area (Å²) in [5.74, 6) is 0.258. The van der Waals surface area contributed by atoms with Crippen LogP contribution in [-0.4, -0.2) is 68.1 Å². The number of hydrogen-bond donors (Lipinski definition) is 2. The lowest BCUT2D eigenvalue weighted by Gasteiger charge is -2.32. The smallest absolute Gasteiger partial charge is 0.266 e. The number of nitrogens with zero attached hydrogens (tertiary/aromatic N) is 2. The van der Waals surface area contributed by atoms with E-state index in [0.717, 1.165) is 11.1 Å². The number of carbonyl (C=O) groups excluding carboxylic acids is 1. The highest BCUT2D eigenvalue weighted by atomic mass is 35.5. The molecule has 10 nitrogen and oxygen atoms in total. The molecule has 38 heavy (non-hydrogen) atoms. The number of methoxy groups -OCH3 is 1. The van der Waals surface area contributed by atoms with Gasteiger partial charge in [0.2, 0.25) is 15.9 Å². The average Bonchev–Trinajstić information content (AvgIpc) is 3.32. The molecular formula is C26H25ClN4O6S. The third-order valence-electron chi connectivity index (χ3n) is 6.23. The van der Waals surface area contributed by atoms with Crippen molar-refractivity contribution in [2.24, 2.45) is 5.73 Å². The summed E-state index contributed by atoms with van der Waals surface area (Å²) in [6, 6.07) is 15.9. The van der Waals surface area contributed by atoms with Gasteiger partial charge in [-0.05, 0) is 47.5 Å². The lowest BCUT2D eigenvalue weighted by Crippen LogP contribution is -2.47. The van der Waals surface area contributed by atoms with Gasteiger partial charge in [0.15, 0.2) is 0 Å². The molecule has 12 heteroatoms. The number of sulfonamides is 1. The molecule has 0 bridgehead atoms. The summed E-state index contributed by atoms with van der Waals surface area (Å²) in [7, 11) is -2.54. The quantitative estimate of drug-likeness (QED) is 0.339. The molecule has 2 aromatic heterocycles. The maximum atomic E-state index is 13.7. The zero-order chi connectivity index (χ0) is 26.9. The number of pyridine rings is 1. The summed E-state index contributed by atoms with van der Waals surface area (Å²) < 4.78 is 45.5. The Bertz CT molecular complexity index is 1590. The SMILES string of the molecule is COc1cc(-c2ccc(OC[C@@H]3CN(S(=O)(=O)c4c(C(N)=O)[nH]c5ccc(Cl)cc45)CCO3)cc2)ccn1. The van der Waals surface area contributed by atoms with Gasteiger partial charge < -0.3 is 24.9 Å². The molecule has 1 saturated heterocycles. The number of hydrogen-bond acceptors (Lipinski definition) is 7. The van der Waals surface area contributed by atoms with E-state index >= 15 is 0 Å². The van der Waals surface area contributed by atoms with Gasteiger partial charge in [-0.15, -0.1) is 0 Å². The van der Waals surface area contributed by atoms with Crippen LogP contribution in [0.15, 0.2) is 65.7 Å². The third kappa shape index (κ3) is 5.18. The summed E-state index contributed by atoms with van der Waals surface area (Å²) in [5.41, 5.74) is 7.68. The minimum Gasteiger partial charge on any atom is -0.491 e. The zero-order valence-electron chi connectivity index (χ0n) is 20.4. The Hall–Kier alpha value is -3.64. The molecule has 5 rings (SSSR count). The van der Waals surface area contributed by atoms with E-state index in [4.69, 9.17) is 31.5 Å². The number of ether oxygens (including phenoxy) is 3. The number of aromatic nitrogens is 2.